The SMILES string of the molecule is N#Cc1cccc(-c2ccc(-c3nc(-c4ccccc4)nc(-c4cc5oc6cccc(-c7ccc(-c8ccccc8)cc7)c6c5cc4-c4ccccc4)n3)cc2)c1. The molecular weight excluding hydrogens is 697 g/mol. The molecule has 57 heavy (non-hydrogen) atoms. The summed E-state index contributed by atoms with van der Waals surface area (Å²) in [6.45, 7) is 0. The maximum Gasteiger partial charge on any atom is 0.164 e. The van der Waals surface area contributed by atoms with Crippen LogP contribution in [0.4, 0.5) is 0 Å². The lowest BCUT2D eigenvalue weighted by Gasteiger charge is -2.13. The number of rotatable bonds is 7. The number of hydrogen-bond acceptors (Lipinski definition) is 5. The van der Waals surface area contributed by atoms with E-state index < -0.39 is 0 Å². The first-order valence-electron chi connectivity index (χ1n) is 18.8. The number of nitriles is 1. The summed E-state index contributed by atoms with van der Waals surface area (Å²) in [5.74, 6) is 1.68. The molecule has 2 aromatic heterocycles. The Morgan fingerprint density at radius 2 is 0.842 bits per heavy atom. The molecule has 266 valence electrons. The predicted octanol–water partition coefficient (Wildman–Crippen LogP) is 13.3. The van der Waals surface area contributed by atoms with E-state index in [2.05, 4.69) is 103 Å². The molecule has 0 radical (unpaired) electrons. The van der Waals surface area contributed by atoms with Gasteiger partial charge in [0.15, 0.2) is 17.5 Å². The van der Waals surface area contributed by atoms with Crippen LogP contribution in [0.2, 0.25) is 0 Å². The van der Waals surface area contributed by atoms with E-state index in [0.29, 0.717) is 23.0 Å². The average molecular weight is 729 g/mol. The van der Waals surface area contributed by atoms with Crippen LogP contribution in [0.25, 0.3) is 101 Å². The van der Waals surface area contributed by atoms with Crippen LogP contribution in [-0.4, -0.2) is 15.0 Å². The van der Waals surface area contributed by atoms with Crippen LogP contribution in [0.15, 0.2) is 199 Å². The summed E-state index contributed by atoms with van der Waals surface area (Å²) in [5, 5.41) is 11.5. The highest BCUT2D eigenvalue weighted by Crippen LogP contribution is 2.42. The van der Waals surface area contributed by atoms with Crippen molar-refractivity contribution in [1.82, 2.24) is 15.0 Å². The molecule has 0 amide bonds. The molecule has 0 atom stereocenters. The van der Waals surface area contributed by atoms with E-state index in [4.69, 9.17) is 19.4 Å². The lowest BCUT2D eigenvalue weighted by Crippen LogP contribution is -2.01. The lowest BCUT2D eigenvalue weighted by atomic mass is 9.93. The third-order valence-electron chi connectivity index (χ3n) is 10.4. The van der Waals surface area contributed by atoms with Crippen molar-refractivity contribution in [3.63, 3.8) is 0 Å². The highest BCUT2D eigenvalue weighted by atomic mass is 16.3. The summed E-state index contributed by atoms with van der Waals surface area (Å²) < 4.78 is 6.67. The summed E-state index contributed by atoms with van der Waals surface area (Å²) in [4.78, 5) is 15.3. The Balaban J connectivity index is 1.14. The van der Waals surface area contributed by atoms with Crippen LogP contribution in [-0.2, 0) is 0 Å². The summed E-state index contributed by atoms with van der Waals surface area (Å²) >= 11 is 0. The van der Waals surface area contributed by atoms with Gasteiger partial charge in [-0.3, -0.25) is 0 Å². The second-order valence-corrected chi connectivity index (χ2v) is 13.9. The summed E-state index contributed by atoms with van der Waals surface area (Å²) in [5.41, 5.74) is 13.4. The fraction of sp³-hybridized carbons (Fsp3) is 0. The van der Waals surface area contributed by atoms with Crippen molar-refractivity contribution in [2.75, 3.05) is 0 Å². The Morgan fingerprint density at radius 1 is 0.351 bits per heavy atom. The molecular formula is C52H32N4O. The van der Waals surface area contributed by atoms with Crippen LogP contribution < -0.4 is 0 Å². The first-order chi connectivity index (χ1) is 28.2. The average Bonchev–Trinajstić information content (AvgIpc) is 3.67. The minimum atomic E-state index is 0.544. The fourth-order valence-electron chi connectivity index (χ4n) is 7.55. The van der Waals surface area contributed by atoms with Gasteiger partial charge in [-0.15, -0.1) is 0 Å². The molecule has 0 spiro atoms. The van der Waals surface area contributed by atoms with Gasteiger partial charge < -0.3 is 4.42 Å². The summed E-state index contributed by atoms with van der Waals surface area (Å²) in [6, 6.07) is 68.1. The van der Waals surface area contributed by atoms with Gasteiger partial charge in [0.25, 0.3) is 0 Å². The van der Waals surface area contributed by atoms with Gasteiger partial charge in [0.05, 0.1) is 11.6 Å². The minimum absolute atomic E-state index is 0.544. The van der Waals surface area contributed by atoms with E-state index in [0.717, 1.165) is 72.0 Å². The first-order valence-corrected chi connectivity index (χ1v) is 18.8. The zero-order valence-corrected chi connectivity index (χ0v) is 30.7. The van der Waals surface area contributed by atoms with Gasteiger partial charge in [-0.25, -0.2) is 15.0 Å². The van der Waals surface area contributed by atoms with E-state index in [1.54, 1.807) is 0 Å². The largest absolute Gasteiger partial charge is 0.456 e. The standard InChI is InChI=1S/C52H32N4O/c53-33-34-12-10-19-42(30-34)37-24-28-41(29-25-37)51-54-50(40-17-8-3-9-18-40)55-52(56-51)45-32-48-46(31-44(45)38-15-6-2-7-16-38)49-43(20-11-21-47(49)57-48)39-26-22-36(23-27-39)35-13-4-1-5-14-35/h1-32H. The third-order valence-corrected chi connectivity index (χ3v) is 10.4. The highest BCUT2D eigenvalue weighted by molar-refractivity contribution is 6.14. The number of fused-ring (bicyclic) bond motifs is 3. The zero-order chi connectivity index (χ0) is 38.1. The van der Waals surface area contributed by atoms with Gasteiger partial charge in [0.1, 0.15) is 11.2 Å². The number of hydrogen-bond donors (Lipinski definition) is 0. The van der Waals surface area contributed by atoms with Gasteiger partial charge >= 0.3 is 0 Å². The number of nitrogens with zero attached hydrogens (tertiary/aromatic N) is 4. The Labute approximate surface area is 329 Å². The van der Waals surface area contributed by atoms with Crippen molar-refractivity contribution < 1.29 is 4.42 Å². The van der Waals surface area contributed by atoms with Crippen molar-refractivity contribution in [3.8, 4) is 84.7 Å². The van der Waals surface area contributed by atoms with E-state index in [1.165, 1.54) is 11.1 Å². The second kappa shape index (κ2) is 14.4. The normalized spacial score (nSPS) is 11.1. The van der Waals surface area contributed by atoms with Crippen molar-refractivity contribution in [2.24, 2.45) is 0 Å². The number of benzene rings is 8. The van der Waals surface area contributed by atoms with Crippen LogP contribution in [0.1, 0.15) is 5.56 Å². The Morgan fingerprint density at radius 3 is 1.51 bits per heavy atom. The summed E-state index contributed by atoms with van der Waals surface area (Å²) in [6.07, 6.45) is 0. The molecule has 0 fully saturated rings. The van der Waals surface area contributed by atoms with Crippen molar-refractivity contribution >= 4 is 21.9 Å². The first kappa shape index (κ1) is 33.6. The van der Waals surface area contributed by atoms with Gasteiger partial charge in [-0.2, -0.15) is 5.26 Å². The smallest absolute Gasteiger partial charge is 0.164 e. The van der Waals surface area contributed by atoms with Gasteiger partial charge in [-0.1, -0.05) is 164 Å². The molecule has 10 aromatic rings. The van der Waals surface area contributed by atoms with E-state index in [-0.39, 0.29) is 0 Å². The molecule has 0 aliphatic rings. The van der Waals surface area contributed by atoms with Gasteiger partial charge in [-0.05, 0) is 74.8 Å². The van der Waals surface area contributed by atoms with Crippen molar-refractivity contribution in [2.45, 2.75) is 0 Å². The topological polar surface area (TPSA) is 75.6 Å². The third kappa shape index (κ3) is 6.42. The number of furan rings is 1. The molecule has 0 saturated carbocycles. The number of aromatic nitrogens is 3. The molecule has 5 heteroatoms. The zero-order valence-electron chi connectivity index (χ0n) is 30.7. The maximum atomic E-state index is 9.45. The minimum Gasteiger partial charge on any atom is -0.456 e. The molecule has 0 N–H and O–H groups in total. The van der Waals surface area contributed by atoms with E-state index in [1.807, 2.05) is 97.1 Å². The van der Waals surface area contributed by atoms with Crippen LogP contribution in [0.5, 0.6) is 0 Å². The van der Waals surface area contributed by atoms with E-state index >= 15 is 0 Å². The van der Waals surface area contributed by atoms with Crippen LogP contribution >= 0.6 is 0 Å². The Hall–Kier alpha value is -7.94. The molecule has 2 heterocycles. The molecule has 0 saturated heterocycles. The fourth-order valence-corrected chi connectivity index (χ4v) is 7.55. The highest BCUT2D eigenvalue weighted by Gasteiger charge is 2.21. The van der Waals surface area contributed by atoms with Crippen molar-refractivity contribution in [3.05, 3.63) is 200 Å². The van der Waals surface area contributed by atoms with E-state index in [9.17, 15) is 5.26 Å². The molecule has 5 nitrogen and oxygen atoms in total. The molecule has 10 rings (SSSR count). The second-order valence-electron chi connectivity index (χ2n) is 13.9. The molecule has 0 unspecified atom stereocenters. The maximum absolute atomic E-state index is 9.45. The Bertz CT molecular complexity index is 3100. The Kier molecular flexibility index (Phi) is 8.48. The summed E-state index contributed by atoms with van der Waals surface area (Å²) in [7, 11) is 0. The van der Waals surface area contributed by atoms with Crippen LogP contribution in [0.3, 0.4) is 0 Å². The van der Waals surface area contributed by atoms with Crippen molar-refractivity contribution in [1.29, 1.82) is 5.26 Å². The van der Waals surface area contributed by atoms with Crippen LogP contribution in [0, 0.1) is 11.3 Å². The monoisotopic (exact) mass is 728 g/mol. The quantitative estimate of drug-likeness (QED) is 0.163. The lowest BCUT2D eigenvalue weighted by molar-refractivity contribution is 0.669. The van der Waals surface area contributed by atoms with Gasteiger partial charge in [0.2, 0.25) is 0 Å². The molecule has 8 aromatic carbocycles. The molecule has 0 bridgehead atoms. The predicted molar refractivity (Wildman–Crippen MR) is 230 cm³/mol. The molecule has 0 aliphatic carbocycles. The molecule has 0 aliphatic heterocycles. The van der Waals surface area contributed by atoms with Gasteiger partial charge in [0, 0.05) is 27.5 Å².